The number of anilines is 1. The minimum Gasteiger partial charge on any atom is -0.478 e. The SMILES string of the molecule is O=C(O)c1ccnc(N2CCCC2C2CCCC2)c1Cl. The summed E-state index contributed by atoms with van der Waals surface area (Å²) >= 11 is 6.27. The fourth-order valence-electron chi connectivity index (χ4n) is 3.69. The van der Waals surface area contributed by atoms with E-state index in [1.54, 1.807) is 6.20 Å². The average molecular weight is 295 g/mol. The number of nitrogens with zero attached hydrogens (tertiary/aromatic N) is 2. The van der Waals surface area contributed by atoms with Crippen LogP contribution in [0.25, 0.3) is 0 Å². The van der Waals surface area contributed by atoms with E-state index in [9.17, 15) is 9.90 Å². The second kappa shape index (κ2) is 5.60. The number of hydrogen-bond acceptors (Lipinski definition) is 3. The van der Waals surface area contributed by atoms with Gasteiger partial charge in [0.15, 0.2) is 0 Å². The molecule has 1 unspecified atom stereocenters. The van der Waals surface area contributed by atoms with E-state index in [0.717, 1.165) is 13.0 Å². The molecule has 1 saturated heterocycles. The van der Waals surface area contributed by atoms with Gasteiger partial charge in [-0.2, -0.15) is 0 Å². The summed E-state index contributed by atoms with van der Waals surface area (Å²) in [6, 6.07) is 1.95. The molecule has 2 heterocycles. The third kappa shape index (κ3) is 2.37. The third-order valence-electron chi connectivity index (χ3n) is 4.62. The molecule has 1 aromatic heterocycles. The van der Waals surface area contributed by atoms with Gasteiger partial charge in [-0.15, -0.1) is 0 Å². The van der Waals surface area contributed by atoms with Crippen molar-refractivity contribution in [1.29, 1.82) is 0 Å². The molecule has 1 N–H and O–H groups in total. The van der Waals surface area contributed by atoms with Crippen molar-refractivity contribution in [3.8, 4) is 0 Å². The van der Waals surface area contributed by atoms with Crippen LogP contribution in [-0.4, -0.2) is 28.6 Å². The molecule has 0 aromatic carbocycles. The van der Waals surface area contributed by atoms with Crippen LogP contribution >= 0.6 is 11.6 Å². The van der Waals surface area contributed by atoms with Crippen LogP contribution in [0, 0.1) is 5.92 Å². The zero-order chi connectivity index (χ0) is 14.1. The maximum atomic E-state index is 11.2. The topological polar surface area (TPSA) is 53.4 Å². The van der Waals surface area contributed by atoms with Crippen LogP contribution in [-0.2, 0) is 0 Å². The van der Waals surface area contributed by atoms with Gasteiger partial charge in [0.05, 0.1) is 10.6 Å². The van der Waals surface area contributed by atoms with Crippen LogP contribution in [0.2, 0.25) is 5.02 Å². The molecule has 4 nitrogen and oxygen atoms in total. The molecular formula is C15H19ClN2O2. The first-order chi connectivity index (χ1) is 9.68. The summed E-state index contributed by atoms with van der Waals surface area (Å²) in [6.45, 7) is 0.928. The van der Waals surface area contributed by atoms with Crippen LogP contribution in [0.3, 0.4) is 0 Å². The van der Waals surface area contributed by atoms with Gasteiger partial charge >= 0.3 is 5.97 Å². The molecule has 0 bridgehead atoms. The van der Waals surface area contributed by atoms with Crippen LogP contribution in [0.1, 0.15) is 48.9 Å². The smallest absolute Gasteiger partial charge is 0.337 e. The predicted octanol–water partition coefficient (Wildman–Crippen LogP) is 3.59. The molecule has 1 saturated carbocycles. The van der Waals surface area contributed by atoms with Crippen LogP contribution in [0.15, 0.2) is 12.3 Å². The minimum absolute atomic E-state index is 0.147. The highest BCUT2D eigenvalue weighted by Crippen LogP contribution is 2.39. The van der Waals surface area contributed by atoms with E-state index >= 15 is 0 Å². The highest BCUT2D eigenvalue weighted by molar-refractivity contribution is 6.35. The lowest BCUT2D eigenvalue weighted by atomic mass is 9.96. The van der Waals surface area contributed by atoms with Crippen molar-refractivity contribution in [2.75, 3.05) is 11.4 Å². The standard InChI is InChI=1S/C15H19ClN2O2/c16-13-11(15(19)20)7-8-17-14(13)18-9-3-6-12(18)10-4-1-2-5-10/h7-8,10,12H,1-6,9H2,(H,19,20). The lowest BCUT2D eigenvalue weighted by Gasteiger charge is -2.31. The number of pyridine rings is 1. The Morgan fingerprint density at radius 3 is 2.75 bits per heavy atom. The number of halogens is 1. The number of carbonyl (C=O) groups is 1. The van der Waals surface area contributed by atoms with E-state index in [0.29, 0.717) is 17.8 Å². The fraction of sp³-hybridized carbons (Fsp3) is 0.600. The summed E-state index contributed by atoms with van der Waals surface area (Å²) in [5.41, 5.74) is 0.147. The molecule has 20 heavy (non-hydrogen) atoms. The quantitative estimate of drug-likeness (QED) is 0.925. The highest BCUT2D eigenvalue weighted by atomic mass is 35.5. The molecule has 5 heteroatoms. The number of carboxylic acid groups (broad SMARTS) is 1. The van der Waals surface area contributed by atoms with E-state index in [1.807, 2.05) is 0 Å². The molecule has 0 spiro atoms. The summed E-state index contributed by atoms with van der Waals surface area (Å²) in [5.74, 6) is 0.375. The van der Waals surface area contributed by atoms with Crippen molar-refractivity contribution >= 4 is 23.4 Å². The van der Waals surface area contributed by atoms with Gasteiger partial charge in [0, 0.05) is 18.8 Å². The highest BCUT2D eigenvalue weighted by Gasteiger charge is 2.35. The molecule has 1 aliphatic heterocycles. The Balaban J connectivity index is 1.91. The second-order valence-corrected chi connectivity index (χ2v) is 6.13. The molecule has 0 radical (unpaired) electrons. The number of carboxylic acids is 1. The van der Waals surface area contributed by atoms with E-state index in [2.05, 4.69) is 9.88 Å². The molecule has 1 aromatic rings. The minimum atomic E-state index is -0.990. The van der Waals surface area contributed by atoms with E-state index < -0.39 is 5.97 Å². The summed E-state index contributed by atoms with van der Waals surface area (Å²) in [7, 11) is 0. The summed E-state index contributed by atoms with van der Waals surface area (Å²) in [5, 5.41) is 9.46. The number of rotatable bonds is 3. The average Bonchev–Trinajstić information content (AvgIpc) is 3.09. The molecule has 2 fully saturated rings. The molecule has 1 atom stereocenters. The predicted molar refractivity (Wildman–Crippen MR) is 78.5 cm³/mol. The van der Waals surface area contributed by atoms with Crippen LogP contribution in [0.5, 0.6) is 0 Å². The van der Waals surface area contributed by atoms with Gasteiger partial charge in [0.2, 0.25) is 0 Å². The summed E-state index contributed by atoms with van der Waals surface area (Å²) in [6.07, 6.45) is 9.02. The van der Waals surface area contributed by atoms with Crippen molar-refractivity contribution in [1.82, 2.24) is 4.98 Å². The van der Waals surface area contributed by atoms with Gasteiger partial charge in [-0.25, -0.2) is 9.78 Å². The Bertz CT molecular complexity index is 515. The maximum absolute atomic E-state index is 11.2. The number of aromatic nitrogens is 1. The molecule has 0 amide bonds. The van der Waals surface area contributed by atoms with E-state index in [-0.39, 0.29) is 10.6 Å². The van der Waals surface area contributed by atoms with Crippen molar-refractivity contribution in [3.05, 3.63) is 22.8 Å². The van der Waals surface area contributed by atoms with E-state index in [4.69, 9.17) is 11.6 Å². The molecule has 2 aliphatic rings. The monoisotopic (exact) mass is 294 g/mol. The molecule has 1 aliphatic carbocycles. The Morgan fingerprint density at radius 1 is 1.30 bits per heavy atom. The lowest BCUT2D eigenvalue weighted by molar-refractivity contribution is 0.0697. The number of hydrogen-bond donors (Lipinski definition) is 1. The van der Waals surface area contributed by atoms with Gasteiger partial charge in [-0.1, -0.05) is 24.4 Å². The fourth-order valence-corrected chi connectivity index (χ4v) is 3.99. The van der Waals surface area contributed by atoms with Crippen molar-refractivity contribution in [3.63, 3.8) is 0 Å². The largest absolute Gasteiger partial charge is 0.478 e. The second-order valence-electron chi connectivity index (χ2n) is 5.75. The maximum Gasteiger partial charge on any atom is 0.337 e. The van der Waals surface area contributed by atoms with Gasteiger partial charge in [-0.3, -0.25) is 0 Å². The Hall–Kier alpha value is -1.29. The Kier molecular flexibility index (Phi) is 3.83. The summed E-state index contributed by atoms with van der Waals surface area (Å²) < 4.78 is 0. The van der Waals surface area contributed by atoms with E-state index in [1.165, 1.54) is 38.2 Å². The van der Waals surface area contributed by atoms with Crippen molar-refractivity contribution < 1.29 is 9.90 Å². The Morgan fingerprint density at radius 2 is 2.05 bits per heavy atom. The third-order valence-corrected chi connectivity index (χ3v) is 4.99. The molecule has 3 rings (SSSR count). The van der Waals surface area contributed by atoms with Crippen LogP contribution < -0.4 is 4.90 Å². The normalized spacial score (nSPS) is 23.4. The Labute approximate surface area is 123 Å². The first kappa shape index (κ1) is 13.7. The van der Waals surface area contributed by atoms with Gasteiger partial charge in [0.1, 0.15) is 5.82 Å². The van der Waals surface area contributed by atoms with Gasteiger partial charge in [0.25, 0.3) is 0 Å². The lowest BCUT2D eigenvalue weighted by Crippen LogP contribution is -2.35. The summed E-state index contributed by atoms with van der Waals surface area (Å²) in [4.78, 5) is 17.8. The first-order valence-corrected chi connectivity index (χ1v) is 7.70. The van der Waals surface area contributed by atoms with Crippen LogP contribution in [0.4, 0.5) is 5.82 Å². The first-order valence-electron chi connectivity index (χ1n) is 7.33. The zero-order valence-corrected chi connectivity index (χ0v) is 12.1. The van der Waals surface area contributed by atoms with Crippen molar-refractivity contribution in [2.45, 2.75) is 44.6 Å². The van der Waals surface area contributed by atoms with Gasteiger partial charge in [-0.05, 0) is 37.7 Å². The number of aromatic carboxylic acids is 1. The van der Waals surface area contributed by atoms with Crippen molar-refractivity contribution in [2.24, 2.45) is 5.92 Å². The molecular weight excluding hydrogens is 276 g/mol. The zero-order valence-electron chi connectivity index (χ0n) is 11.4. The molecule has 108 valence electrons. The van der Waals surface area contributed by atoms with Gasteiger partial charge < -0.3 is 10.0 Å².